The van der Waals surface area contributed by atoms with E-state index in [1.165, 1.54) is 0 Å². The standard InChI is InChI=1S/C25H23ClN2O5S/c1-16(17-7-3-2-4-8-17)27-25(32)18-9-5-6-10-19(18)28-23(30)15-33-24(31)14-11-20(29)21-12-13-22(26)34-21/h2-10,12-13,16H,11,14-15H2,1H3,(H,27,32)(H,28,30). The maximum Gasteiger partial charge on any atom is 0.306 e. The lowest BCUT2D eigenvalue weighted by Gasteiger charge is -2.16. The van der Waals surface area contributed by atoms with Crippen molar-refractivity contribution in [3.05, 3.63) is 87.1 Å². The molecule has 1 atom stereocenters. The van der Waals surface area contributed by atoms with Gasteiger partial charge in [-0.05, 0) is 36.8 Å². The van der Waals surface area contributed by atoms with Crippen LogP contribution in [0.15, 0.2) is 66.7 Å². The van der Waals surface area contributed by atoms with Gasteiger partial charge in [0.15, 0.2) is 12.4 Å². The highest BCUT2D eigenvalue weighted by molar-refractivity contribution is 7.18. The molecule has 1 heterocycles. The minimum atomic E-state index is -0.672. The monoisotopic (exact) mass is 498 g/mol. The lowest BCUT2D eigenvalue weighted by atomic mass is 10.1. The first-order valence-electron chi connectivity index (χ1n) is 10.5. The number of rotatable bonds is 10. The van der Waals surface area contributed by atoms with Crippen molar-refractivity contribution < 1.29 is 23.9 Å². The number of esters is 1. The number of Topliss-reactive ketones (excluding diaryl/α,β-unsaturated/α-hetero) is 1. The van der Waals surface area contributed by atoms with Crippen LogP contribution in [0.5, 0.6) is 0 Å². The number of nitrogens with one attached hydrogen (secondary N) is 2. The molecule has 7 nitrogen and oxygen atoms in total. The van der Waals surface area contributed by atoms with Gasteiger partial charge in [-0.3, -0.25) is 19.2 Å². The highest BCUT2D eigenvalue weighted by Gasteiger charge is 2.17. The number of ether oxygens (including phenoxy) is 1. The van der Waals surface area contributed by atoms with Crippen molar-refractivity contribution in [2.24, 2.45) is 0 Å². The number of carbonyl (C=O) groups excluding carboxylic acids is 4. The van der Waals surface area contributed by atoms with Crippen LogP contribution < -0.4 is 10.6 Å². The van der Waals surface area contributed by atoms with Crippen LogP contribution in [0.4, 0.5) is 5.69 Å². The van der Waals surface area contributed by atoms with Gasteiger partial charge < -0.3 is 15.4 Å². The van der Waals surface area contributed by atoms with Crippen molar-refractivity contribution in [1.29, 1.82) is 0 Å². The molecule has 3 rings (SSSR count). The van der Waals surface area contributed by atoms with E-state index in [0.717, 1.165) is 16.9 Å². The van der Waals surface area contributed by atoms with Crippen molar-refractivity contribution in [2.45, 2.75) is 25.8 Å². The molecule has 1 unspecified atom stereocenters. The minimum absolute atomic E-state index is 0.0418. The zero-order valence-electron chi connectivity index (χ0n) is 18.4. The van der Waals surface area contributed by atoms with Gasteiger partial charge in [-0.2, -0.15) is 0 Å². The second kappa shape index (κ2) is 12.1. The first kappa shape index (κ1) is 25.1. The molecule has 0 aliphatic heterocycles. The highest BCUT2D eigenvalue weighted by atomic mass is 35.5. The summed E-state index contributed by atoms with van der Waals surface area (Å²) >= 11 is 6.95. The van der Waals surface area contributed by atoms with E-state index in [2.05, 4.69) is 10.6 Å². The number of ketones is 1. The molecule has 9 heteroatoms. The average molecular weight is 499 g/mol. The van der Waals surface area contributed by atoms with E-state index in [-0.39, 0.29) is 36.1 Å². The molecule has 2 amide bonds. The molecular formula is C25H23ClN2O5S. The number of carbonyl (C=O) groups is 4. The molecule has 0 saturated carbocycles. The Bertz CT molecular complexity index is 1180. The molecule has 2 aromatic carbocycles. The Hall–Kier alpha value is -3.49. The molecule has 0 fully saturated rings. The molecule has 0 spiro atoms. The molecule has 0 radical (unpaired) electrons. The van der Waals surface area contributed by atoms with Gasteiger partial charge in [-0.25, -0.2) is 0 Å². The van der Waals surface area contributed by atoms with Crippen molar-refractivity contribution in [3.8, 4) is 0 Å². The van der Waals surface area contributed by atoms with Gasteiger partial charge in [0.25, 0.3) is 11.8 Å². The summed E-state index contributed by atoms with van der Waals surface area (Å²) in [6.45, 7) is 1.33. The van der Waals surface area contributed by atoms with E-state index >= 15 is 0 Å². The van der Waals surface area contributed by atoms with Crippen molar-refractivity contribution in [1.82, 2.24) is 5.32 Å². The van der Waals surface area contributed by atoms with Crippen molar-refractivity contribution in [2.75, 3.05) is 11.9 Å². The van der Waals surface area contributed by atoms with Crippen LogP contribution in [-0.2, 0) is 14.3 Å². The third-order valence-electron chi connectivity index (χ3n) is 4.86. The van der Waals surface area contributed by atoms with E-state index in [1.807, 2.05) is 37.3 Å². The fraction of sp³-hybridized carbons (Fsp3) is 0.200. The quantitative estimate of drug-likeness (QED) is 0.301. The average Bonchev–Trinajstić information content (AvgIpc) is 3.28. The van der Waals surface area contributed by atoms with E-state index in [1.54, 1.807) is 36.4 Å². The fourth-order valence-corrected chi connectivity index (χ4v) is 4.11. The Labute approximate surface area is 206 Å². The number of benzene rings is 2. The van der Waals surface area contributed by atoms with Crippen LogP contribution >= 0.6 is 22.9 Å². The fourth-order valence-electron chi connectivity index (χ4n) is 3.10. The summed E-state index contributed by atoms with van der Waals surface area (Å²) in [5.41, 5.74) is 1.53. The van der Waals surface area contributed by atoms with Gasteiger partial charge in [0.1, 0.15) is 0 Å². The van der Waals surface area contributed by atoms with E-state index in [0.29, 0.717) is 14.9 Å². The molecule has 0 aliphatic rings. The van der Waals surface area contributed by atoms with Crippen LogP contribution in [0.2, 0.25) is 4.34 Å². The summed E-state index contributed by atoms with van der Waals surface area (Å²) < 4.78 is 5.46. The van der Waals surface area contributed by atoms with Crippen molar-refractivity contribution >= 4 is 52.2 Å². The lowest BCUT2D eigenvalue weighted by Crippen LogP contribution is -2.28. The zero-order chi connectivity index (χ0) is 24.5. The number of hydrogen-bond donors (Lipinski definition) is 2. The van der Waals surface area contributed by atoms with E-state index in [4.69, 9.17) is 16.3 Å². The predicted octanol–water partition coefficient (Wildman–Crippen LogP) is 5.04. The summed E-state index contributed by atoms with van der Waals surface area (Å²) in [7, 11) is 0. The lowest BCUT2D eigenvalue weighted by molar-refractivity contribution is -0.147. The van der Waals surface area contributed by atoms with Crippen LogP contribution in [0.25, 0.3) is 0 Å². The van der Waals surface area contributed by atoms with Crippen LogP contribution in [-0.4, -0.2) is 30.2 Å². The number of para-hydroxylation sites is 1. The van der Waals surface area contributed by atoms with E-state index in [9.17, 15) is 19.2 Å². The zero-order valence-corrected chi connectivity index (χ0v) is 19.9. The normalized spacial score (nSPS) is 11.4. The number of hydrogen-bond acceptors (Lipinski definition) is 6. The predicted molar refractivity (Wildman–Crippen MR) is 131 cm³/mol. The van der Waals surface area contributed by atoms with Gasteiger partial charge in [-0.15, -0.1) is 11.3 Å². The Morgan fingerprint density at radius 2 is 1.65 bits per heavy atom. The molecule has 34 heavy (non-hydrogen) atoms. The van der Waals surface area contributed by atoms with Crippen LogP contribution in [0.3, 0.4) is 0 Å². The summed E-state index contributed by atoms with van der Waals surface area (Å²) in [5, 5.41) is 5.50. The Morgan fingerprint density at radius 1 is 0.941 bits per heavy atom. The summed E-state index contributed by atoms with van der Waals surface area (Å²) in [4.78, 5) is 49.5. The number of halogens is 1. The Morgan fingerprint density at radius 3 is 2.35 bits per heavy atom. The highest BCUT2D eigenvalue weighted by Crippen LogP contribution is 2.23. The number of anilines is 1. The molecule has 0 saturated heterocycles. The number of amides is 2. The molecule has 2 N–H and O–H groups in total. The second-order valence-electron chi connectivity index (χ2n) is 7.39. The van der Waals surface area contributed by atoms with Gasteiger partial charge in [0.2, 0.25) is 0 Å². The third kappa shape index (κ3) is 7.26. The third-order valence-corrected chi connectivity index (χ3v) is 6.13. The first-order valence-corrected chi connectivity index (χ1v) is 11.7. The van der Waals surface area contributed by atoms with Gasteiger partial charge >= 0.3 is 5.97 Å². The van der Waals surface area contributed by atoms with E-state index < -0.39 is 18.5 Å². The topological polar surface area (TPSA) is 102 Å². The largest absolute Gasteiger partial charge is 0.456 e. The van der Waals surface area contributed by atoms with Gasteiger partial charge in [-0.1, -0.05) is 54.1 Å². The van der Waals surface area contributed by atoms with Gasteiger partial charge in [0.05, 0.1) is 32.9 Å². The molecular weight excluding hydrogens is 476 g/mol. The maximum absolute atomic E-state index is 12.8. The summed E-state index contributed by atoms with van der Waals surface area (Å²) in [6.07, 6.45) is -0.197. The first-order chi connectivity index (χ1) is 16.3. The summed E-state index contributed by atoms with van der Waals surface area (Å²) in [5.74, 6) is -1.84. The smallest absolute Gasteiger partial charge is 0.306 e. The minimum Gasteiger partial charge on any atom is -0.456 e. The molecule has 176 valence electrons. The molecule has 0 aliphatic carbocycles. The summed E-state index contributed by atoms with van der Waals surface area (Å²) in [6, 6.07) is 19.0. The SMILES string of the molecule is CC(NC(=O)c1ccccc1NC(=O)COC(=O)CCC(=O)c1ccc(Cl)s1)c1ccccc1. The molecule has 1 aromatic heterocycles. The molecule has 3 aromatic rings. The van der Waals surface area contributed by atoms with Crippen molar-refractivity contribution in [3.63, 3.8) is 0 Å². The van der Waals surface area contributed by atoms with Crippen LogP contribution in [0, 0.1) is 0 Å². The Kier molecular flexibility index (Phi) is 8.95. The van der Waals surface area contributed by atoms with Gasteiger partial charge in [0, 0.05) is 6.42 Å². The van der Waals surface area contributed by atoms with Crippen LogP contribution in [0.1, 0.15) is 51.4 Å². The Balaban J connectivity index is 1.49. The maximum atomic E-state index is 12.8. The molecule has 0 bridgehead atoms. The second-order valence-corrected chi connectivity index (χ2v) is 9.10. The number of thiophene rings is 1.